The fraction of sp³-hybridized carbons (Fsp3) is 0.967. The van der Waals surface area contributed by atoms with Crippen molar-refractivity contribution < 1.29 is 14.6 Å². The zero-order valence-corrected chi connectivity index (χ0v) is 22.2. The van der Waals surface area contributed by atoms with E-state index in [2.05, 4.69) is 34.6 Å². The van der Waals surface area contributed by atoms with E-state index in [1.165, 1.54) is 57.8 Å². The second-order valence-corrected chi connectivity index (χ2v) is 14.2. The summed E-state index contributed by atoms with van der Waals surface area (Å²) < 4.78 is 5.77. The average Bonchev–Trinajstić information content (AvgIpc) is 3.16. The Balaban J connectivity index is 1.46. The number of hydrogen-bond acceptors (Lipinski definition) is 3. The number of hydrogen-bond donors (Lipinski definition) is 1. The molecule has 33 heavy (non-hydrogen) atoms. The second kappa shape index (κ2) is 8.24. The molecule has 0 amide bonds. The molecule has 3 heteroatoms. The van der Waals surface area contributed by atoms with Crippen LogP contribution in [0.25, 0.3) is 0 Å². The summed E-state index contributed by atoms with van der Waals surface area (Å²) in [5, 5.41) is 10.6. The van der Waals surface area contributed by atoms with Crippen molar-refractivity contribution in [2.24, 2.45) is 63.6 Å². The molecular formula is C30H50O3. The first kappa shape index (κ1) is 24.1. The third kappa shape index (κ3) is 3.48. The normalized spacial score (nSPS) is 53.6. The molecule has 0 aromatic carbocycles. The summed E-state index contributed by atoms with van der Waals surface area (Å²) in [5.41, 5.74) is 1.07. The topological polar surface area (TPSA) is 46.5 Å². The molecule has 5 saturated carbocycles. The van der Waals surface area contributed by atoms with Gasteiger partial charge in [-0.15, -0.1) is 0 Å². The monoisotopic (exact) mass is 458 g/mol. The summed E-state index contributed by atoms with van der Waals surface area (Å²) in [6.07, 6.45) is 12.7. The highest BCUT2D eigenvalue weighted by molar-refractivity contribution is 5.65. The molecule has 5 aliphatic carbocycles. The SMILES string of the molecule is CC(=O)OC[C@]12CC[C@@H]3[C@H](CC[C@H]4[C@@]5(C)CC[C@@H](O)[C@H](C)[C@H]5CC[C@]43C)[C@@H]1[C@H](C(C)C)CC2. The van der Waals surface area contributed by atoms with Crippen LogP contribution in [0.4, 0.5) is 0 Å². The van der Waals surface area contributed by atoms with E-state index in [-0.39, 0.29) is 17.5 Å². The van der Waals surface area contributed by atoms with Crippen molar-refractivity contribution in [3.05, 3.63) is 0 Å². The molecule has 1 N–H and O–H groups in total. The maximum absolute atomic E-state index is 11.8. The molecule has 0 radical (unpaired) electrons. The van der Waals surface area contributed by atoms with Gasteiger partial charge in [-0.1, -0.05) is 34.6 Å². The molecule has 0 bridgehead atoms. The molecule has 5 aliphatic rings. The highest BCUT2D eigenvalue weighted by atomic mass is 16.5. The molecule has 0 unspecified atom stereocenters. The van der Waals surface area contributed by atoms with Gasteiger partial charge in [0.25, 0.3) is 0 Å². The predicted octanol–water partition coefficient (Wildman–Crippen LogP) is 6.87. The minimum Gasteiger partial charge on any atom is -0.465 e. The molecule has 11 atom stereocenters. The van der Waals surface area contributed by atoms with Crippen LogP contribution in [0.1, 0.15) is 106 Å². The van der Waals surface area contributed by atoms with Gasteiger partial charge < -0.3 is 9.84 Å². The molecular weight excluding hydrogens is 408 g/mol. The zero-order chi connectivity index (χ0) is 23.8. The lowest BCUT2D eigenvalue weighted by molar-refractivity contribution is -0.202. The van der Waals surface area contributed by atoms with Crippen LogP contribution in [-0.4, -0.2) is 23.8 Å². The van der Waals surface area contributed by atoms with Crippen molar-refractivity contribution in [2.75, 3.05) is 6.61 Å². The van der Waals surface area contributed by atoms with Crippen LogP contribution in [-0.2, 0) is 9.53 Å². The Hall–Kier alpha value is -0.570. The molecule has 0 aliphatic heterocycles. The fourth-order valence-corrected chi connectivity index (χ4v) is 11.3. The molecule has 5 rings (SSSR count). The van der Waals surface area contributed by atoms with E-state index in [0.29, 0.717) is 35.2 Å². The van der Waals surface area contributed by atoms with Crippen molar-refractivity contribution in [1.29, 1.82) is 0 Å². The number of carbonyl (C=O) groups excluding carboxylic acids is 1. The van der Waals surface area contributed by atoms with Gasteiger partial charge in [0, 0.05) is 12.3 Å². The van der Waals surface area contributed by atoms with E-state index < -0.39 is 0 Å². The highest BCUT2D eigenvalue weighted by Gasteiger charge is 2.66. The maximum Gasteiger partial charge on any atom is 0.302 e. The maximum atomic E-state index is 11.8. The van der Waals surface area contributed by atoms with Crippen LogP contribution in [0.5, 0.6) is 0 Å². The number of fused-ring (bicyclic) bond motifs is 7. The number of ether oxygens (including phenoxy) is 1. The summed E-state index contributed by atoms with van der Waals surface area (Å²) in [4.78, 5) is 11.8. The minimum absolute atomic E-state index is 0.0920. The molecule has 0 heterocycles. The molecule has 0 aromatic heterocycles. The first-order chi connectivity index (χ1) is 15.5. The Labute approximate surface area is 202 Å². The van der Waals surface area contributed by atoms with Crippen molar-refractivity contribution in [1.82, 2.24) is 0 Å². The lowest BCUT2D eigenvalue weighted by Crippen LogP contribution is -2.61. The fourth-order valence-electron chi connectivity index (χ4n) is 11.3. The number of aliphatic hydroxyl groups excluding tert-OH is 1. The quantitative estimate of drug-likeness (QED) is 0.470. The first-order valence-corrected chi connectivity index (χ1v) is 14.3. The van der Waals surface area contributed by atoms with Crippen LogP contribution < -0.4 is 0 Å². The summed E-state index contributed by atoms with van der Waals surface area (Å²) in [6, 6.07) is 0. The van der Waals surface area contributed by atoms with Crippen LogP contribution in [0.2, 0.25) is 0 Å². The zero-order valence-electron chi connectivity index (χ0n) is 22.2. The minimum atomic E-state index is -0.103. The third-order valence-electron chi connectivity index (χ3n) is 12.8. The van der Waals surface area contributed by atoms with Gasteiger partial charge in [0.2, 0.25) is 0 Å². The van der Waals surface area contributed by atoms with Gasteiger partial charge in [-0.2, -0.15) is 0 Å². The molecule has 0 spiro atoms. The summed E-state index contributed by atoms with van der Waals surface area (Å²) in [5.74, 6) is 5.70. The number of carbonyl (C=O) groups is 1. The average molecular weight is 459 g/mol. The van der Waals surface area contributed by atoms with Crippen LogP contribution in [0.3, 0.4) is 0 Å². The van der Waals surface area contributed by atoms with E-state index in [0.717, 1.165) is 36.0 Å². The lowest BCUT2D eigenvalue weighted by Gasteiger charge is -2.68. The Morgan fingerprint density at radius 2 is 1.58 bits per heavy atom. The standard InChI is InChI=1S/C30H50O3/c1-18(2)21-9-15-30(17-33-20(4)31)16-11-24-22(27(21)30)7-8-26-28(5)14-12-25(32)19(3)23(28)10-13-29(24,26)6/h18-19,21-27,32H,7-17H2,1-6H3/t19-,21+,22+,23-,24-,25-,26+,27+,28+,29+,30+/m1/s1. The van der Waals surface area contributed by atoms with Crippen molar-refractivity contribution in [3.8, 4) is 0 Å². The van der Waals surface area contributed by atoms with Gasteiger partial charge in [-0.3, -0.25) is 4.79 Å². The smallest absolute Gasteiger partial charge is 0.302 e. The molecule has 188 valence electrons. The van der Waals surface area contributed by atoms with Gasteiger partial charge in [-0.25, -0.2) is 0 Å². The molecule has 0 saturated heterocycles. The second-order valence-electron chi connectivity index (χ2n) is 14.2. The number of rotatable bonds is 3. The third-order valence-corrected chi connectivity index (χ3v) is 12.8. The summed E-state index contributed by atoms with van der Waals surface area (Å²) in [7, 11) is 0. The highest BCUT2D eigenvalue weighted by Crippen LogP contribution is 2.72. The Kier molecular flexibility index (Phi) is 6.03. The Morgan fingerprint density at radius 3 is 2.27 bits per heavy atom. The Bertz CT molecular complexity index is 762. The van der Waals surface area contributed by atoms with Crippen LogP contribution in [0.15, 0.2) is 0 Å². The van der Waals surface area contributed by atoms with E-state index >= 15 is 0 Å². The number of aliphatic hydroxyl groups is 1. The van der Waals surface area contributed by atoms with E-state index in [4.69, 9.17) is 4.74 Å². The van der Waals surface area contributed by atoms with E-state index in [1.807, 2.05) is 0 Å². The Morgan fingerprint density at radius 1 is 0.939 bits per heavy atom. The van der Waals surface area contributed by atoms with Crippen molar-refractivity contribution >= 4 is 5.97 Å². The van der Waals surface area contributed by atoms with Gasteiger partial charge in [0.05, 0.1) is 12.7 Å². The van der Waals surface area contributed by atoms with Crippen molar-refractivity contribution in [2.45, 2.75) is 112 Å². The van der Waals surface area contributed by atoms with Crippen LogP contribution >= 0.6 is 0 Å². The van der Waals surface area contributed by atoms with Gasteiger partial charge in [-0.05, 0) is 122 Å². The largest absolute Gasteiger partial charge is 0.465 e. The number of esters is 1. The summed E-state index contributed by atoms with van der Waals surface area (Å²) in [6.45, 7) is 14.7. The molecule has 5 fully saturated rings. The van der Waals surface area contributed by atoms with Gasteiger partial charge in [0.15, 0.2) is 0 Å². The van der Waals surface area contributed by atoms with Crippen molar-refractivity contribution in [3.63, 3.8) is 0 Å². The summed E-state index contributed by atoms with van der Waals surface area (Å²) >= 11 is 0. The van der Waals surface area contributed by atoms with Gasteiger partial charge in [0.1, 0.15) is 0 Å². The van der Waals surface area contributed by atoms with E-state index in [9.17, 15) is 9.90 Å². The molecule has 3 nitrogen and oxygen atoms in total. The van der Waals surface area contributed by atoms with E-state index in [1.54, 1.807) is 6.92 Å². The van der Waals surface area contributed by atoms with Gasteiger partial charge >= 0.3 is 5.97 Å². The first-order valence-electron chi connectivity index (χ1n) is 14.3. The lowest BCUT2D eigenvalue weighted by atomic mass is 9.37. The molecule has 0 aromatic rings. The predicted molar refractivity (Wildman–Crippen MR) is 132 cm³/mol. The van der Waals surface area contributed by atoms with Crippen LogP contribution in [0, 0.1) is 63.6 Å².